The van der Waals surface area contributed by atoms with Crippen LogP contribution in [0.2, 0.25) is 5.02 Å². The van der Waals surface area contributed by atoms with Crippen LogP contribution in [-0.2, 0) is 0 Å². The summed E-state index contributed by atoms with van der Waals surface area (Å²) in [6.07, 6.45) is 5.03. The molecule has 1 heterocycles. The summed E-state index contributed by atoms with van der Waals surface area (Å²) in [6.45, 7) is 6.64. The second-order valence-corrected chi connectivity index (χ2v) is 6.79. The highest BCUT2D eigenvalue weighted by molar-refractivity contribution is 9.10. The van der Waals surface area contributed by atoms with E-state index in [0.29, 0.717) is 6.04 Å². The average molecular weight is 433 g/mol. The molecule has 0 amide bonds. The van der Waals surface area contributed by atoms with Crippen LogP contribution < -0.4 is 5.32 Å². The van der Waals surface area contributed by atoms with Crippen LogP contribution in [0.15, 0.2) is 22.7 Å². The van der Waals surface area contributed by atoms with Crippen LogP contribution >= 0.6 is 52.3 Å². The van der Waals surface area contributed by atoms with E-state index in [1.54, 1.807) is 0 Å². The highest BCUT2D eigenvalue weighted by Gasteiger charge is 2.23. The second kappa shape index (κ2) is 11.9. The number of hydrogen-bond acceptors (Lipinski definition) is 2. The summed E-state index contributed by atoms with van der Waals surface area (Å²) >= 11 is 10.0. The second-order valence-electron chi connectivity index (χ2n) is 5.46. The predicted molar refractivity (Wildman–Crippen MR) is 105 cm³/mol. The number of benzene rings is 1. The van der Waals surface area contributed by atoms with Gasteiger partial charge in [-0.15, -0.1) is 24.8 Å². The Morgan fingerprint density at radius 3 is 2.55 bits per heavy atom. The van der Waals surface area contributed by atoms with Gasteiger partial charge in [-0.25, -0.2) is 0 Å². The van der Waals surface area contributed by atoms with Crippen LogP contribution in [0.5, 0.6) is 0 Å². The molecule has 1 aromatic carbocycles. The number of rotatable bonds is 6. The largest absolute Gasteiger partial charge is 0.314 e. The molecular formula is C16H26BrCl3N2. The summed E-state index contributed by atoms with van der Waals surface area (Å²) in [5, 5.41) is 4.33. The van der Waals surface area contributed by atoms with Crippen LogP contribution in [-0.4, -0.2) is 31.1 Å². The van der Waals surface area contributed by atoms with Gasteiger partial charge < -0.3 is 5.32 Å². The summed E-state index contributed by atoms with van der Waals surface area (Å²) < 4.78 is 1.12. The minimum atomic E-state index is 0. The van der Waals surface area contributed by atoms with Gasteiger partial charge in [0, 0.05) is 41.7 Å². The van der Waals surface area contributed by atoms with E-state index in [-0.39, 0.29) is 24.8 Å². The molecule has 1 fully saturated rings. The van der Waals surface area contributed by atoms with E-state index >= 15 is 0 Å². The van der Waals surface area contributed by atoms with E-state index in [2.05, 4.69) is 39.1 Å². The van der Waals surface area contributed by atoms with Gasteiger partial charge in [0.2, 0.25) is 0 Å². The van der Waals surface area contributed by atoms with Crippen LogP contribution in [0.3, 0.4) is 0 Å². The van der Waals surface area contributed by atoms with Gasteiger partial charge in [-0.3, -0.25) is 4.90 Å². The van der Waals surface area contributed by atoms with Gasteiger partial charge in [-0.1, -0.05) is 53.7 Å². The minimum Gasteiger partial charge on any atom is -0.314 e. The van der Waals surface area contributed by atoms with Crippen molar-refractivity contribution in [1.82, 2.24) is 10.2 Å². The zero-order chi connectivity index (χ0) is 14.4. The zero-order valence-corrected chi connectivity index (χ0v) is 17.0. The van der Waals surface area contributed by atoms with E-state index < -0.39 is 0 Å². The first-order valence-corrected chi connectivity index (χ1v) is 8.79. The first kappa shape index (κ1) is 22.5. The summed E-state index contributed by atoms with van der Waals surface area (Å²) in [7, 11) is 0. The zero-order valence-electron chi connectivity index (χ0n) is 13.0. The van der Waals surface area contributed by atoms with Gasteiger partial charge in [0.15, 0.2) is 0 Å². The maximum atomic E-state index is 6.46. The summed E-state index contributed by atoms with van der Waals surface area (Å²) in [4.78, 5) is 2.58. The molecule has 2 rings (SSSR count). The van der Waals surface area contributed by atoms with E-state index in [1.165, 1.54) is 31.2 Å². The minimum absolute atomic E-state index is 0. The van der Waals surface area contributed by atoms with Gasteiger partial charge in [0.05, 0.1) is 0 Å². The fraction of sp³-hybridized carbons (Fsp3) is 0.625. The van der Waals surface area contributed by atoms with Crippen LogP contribution in [0.4, 0.5) is 0 Å². The van der Waals surface area contributed by atoms with Crippen LogP contribution in [0, 0.1) is 0 Å². The average Bonchev–Trinajstić information content (AvgIpc) is 2.48. The molecule has 6 heteroatoms. The highest BCUT2D eigenvalue weighted by atomic mass is 79.9. The number of piperazine rings is 1. The number of nitrogens with one attached hydrogen (secondary N) is 1. The van der Waals surface area contributed by atoms with Crippen LogP contribution in [0.1, 0.15) is 44.2 Å². The third kappa shape index (κ3) is 6.54. The molecule has 1 saturated heterocycles. The van der Waals surface area contributed by atoms with Gasteiger partial charge in [0.25, 0.3) is 0 Å². The third-order valence-electron chi connectivity index (χ3n) is 3.99. The molecule has 1 atom stereocenters. The lowest BCUT2D eigenvalue weighted by atomic mass is 9.98. The molecule has 0 aromatic heterocycles. The first-order valence-electron chi connectivity index (χ1n) is 7.62. The molecular weight excluding hydrogens is 406 g/mol. The lowest BCUT2D eigenvalue weighted by molar-refractivity contribution is 0.163. The van der Waals surface area contributed by atoms with Crippen molar-refractivity contribution in [2.75, 3.05) is 26.2 Å². The Morgan fingerprint density at radius 2 is 1.91 bits per heavy atom. The van der Waals surface area contributed by atoms with Crippen molar-refractivity contribution in [2.45, 2.75) is 38.6 Å². The first-order chi connectivity index (χ1) is 9.72. The number of halogens is 4. The third-order valence-corrected chi connectivity index (χ3v) is 4.83. The van der Waals surface area contributed by atoms with Crippen molar-refractivity contribution in [3.8, 4) is 0 Å². The predicted octanol–water partition coefficient (Wildman–Crippen LogP) is 5.47. The van der Waals surface area contributed by atoms with Gasteiger partial charge in [0.1, 0.15) is 0 Å². The van der Waals surface area contributed by atoms with Crippen molar-refractivity contribution in [3.05, 3.63) is 33.3 Å². The Bertz CT molecular complexity index is 426. The fourth-order valence-electron chi connectivity index (χ4n) is 2.89. The normalized spacial score (nSPS) is 16.5. The molecule has 0 radical (unpaired) electrons. The molecule has 1 aromatic rings. The van der Waals surface area contributed by atoms with Crippen molar-refractivity contribution in [1.29, 1.82) is 0 Å². The molecule has 1 N–H and O–H groups in total. The Morgan fingerprint density at radius 1 is 1.23 bits per heavy atom. The smallest absolute Gasteiger partial charge is 0.0454 e. The number of nitrogens with zero attached hydrogens (tertiary/aromatic N) is 1. The van der Waals surface area contributed by atoms with Crippen molar-refractivity contribution in [2.24, 2.45) is 0 Å². The standard InChI is InChI=1S/C16H24BrClN2.2ClH/c1-2-3-4-5-16(20-10-8-19-9-11-20)14-12-13(17)6-7-15(14)18;;/h6-7,12,16,19H,2-5,8-11H2,1H3;2*1H/t16-;;/m0../s1. The molecule has 0 bridgehead atoms. The Balaban J connectivity index is 0.00000220. The molecule has 1 aliphatic heterocycles. The van der Waals surface area contributed by atoms with Crippen molar-refractivity contribution >= 4 is 52.3 Å². The molecule has 1 aliphatic rings. The van der Waals surface area contributed by atoms with E-state index in [9.17, 15) is 0 Å². The highest BCUT2D eigenvalue weighted by Crippen LogP contribution is 2.33. The lowest BCUT2D eigenvalue weighted by Crippen LogP contribution is -2.45. The molecule has 2 nitrogen and oxygen atoms in total. The molecule has 0 saturated carbocycles. The quantitative estimate of drug-likeness (QED) is 0.600. The van der Waals surface area contributed by atoms with Gasteiger partial charge in [-0.2, -0.15) is 0 Å². The monoisotopic (exact) mass is 430 g/mol. The van der Waals surface area contributed by atoms with Gasteiger partial charge in [-0.05, 0) is 30.2 Å². The summed E-state index contributed by atoms with van der Waals surface area (Å²) in [6, 6.07) is 6.68. The SMILES string of the molecule is CCCCC[C@@H](c1cc(Br)ccc1Cl)N1CCNCC1.Cl.Cl. The number of hydrogen-bond donors (Lipinski definition) is 1. The lowest BCUT2D eigenvalue weighted by Gasteiger charge is -2.36. The Hall–Kier alpha value is 0.490. The van der Waals surface area contributed by atoms with E-state index in [0.717, 1.165) is 35.7 Å². The van der Waals surface area contributed by atoms with Crippen LogP contribution in [0.25, 0.3) is 0 Å². The Labute approximate surface area is 160 Å². The number of unbranched alkanes of at least 4 members (excludes halogenated alkanes) is 2. The topological polar surface area (TPSA) is 15.3 Å². The summed E-state index contributed by atoms with van der Waals surface area (Å²) in [5.74, 6) is 0. The van der Waals surface area contributed by atoms with E-state index in [4.69, 9.17) is 11.6 Å². The van der Waals surface area contributed by atoms with Crippen molar-refractivity contribution in [3.63, 3.8) is 0 Å². The molecule has 22 heavy (non-hydrogen) atoms. The summed E-state index contributed by atoms with van der Waals surface area (Å²) in [5.41, 5.74) is 1.28. The maximum absolute atomic E-state index is 6.46. The molecule has 128 valence electrons. The maximum Gasteiger partial charge on any atom is 0.0454 e. The van der Waals surface area contributed by atoms with E-state index in [1.807, 2.05) is 12.1 Å². The molecule has 0 aliphatic carbocycles. The molecule has 0 unspecified atom stereocenters. The van der Waals surface area contributed by atoms with Crippen molar-refractivity contribution < 1.29 is 0 Å². The van der Waals surface area contributed by atoms with Gasteiger partial charge >= 0.3 is 0 Å². The molecule has 0 spiro atoms. The fourth-order valence-corrected chi connectivity index (χ4v) is 3.51. The Kier molecular flexibility index (Phi) is 12.2.